The maximum absolute atomic E-state index is 13.0. The molecule has 1 aliphatic rings. The number of piperidine rings is 1. The molecule has 0 aliphatic carbocycles. The normalized spacial score (nSPS) is 17.2. The molecule has 0 unspecified atom stereocenters. The first kappa shape index (κ1) is 12.0. The highest BCUT2D eigenvalue weighted by Crippen LogP contribution is 2.16. The van der Waals surface area contributed by atoms with Gasteiger partial charge in [0.05, 0.1) is 6.10 Å². The first-order valence-electron chi connectivity index (χ1n) is 5.78. The second-order valence-corrected chi connectivity index (χ2v) is 4.24. The summed E-state index contributed by atoms with van der Waals surface area (Å²) in [6.07, 6.45) is 1.93. The van der Waals surface area contributed by atoms with Gasteiger partial charge in [0.25, 0.3) is 5.91 Å². The van der Waals surface area contributed by atoms with Gasteiger partial charge in [-0.05, 0) is 31.0 Å². The first-order valence-corrected chi connectivity index (χ1v) is 5.78. The molecule has 0 atom stereocenters. The highest BCUT2D eigenvalue weighted by molar-refractivity contribution is 5.94. The predicted molar refractivity (Wildman–Crippen MR) is 62.3 cm³/mol. The topological polar surface area (TPSA) is 29.5 Å². The third-order valence-corrected chi connectivity index (χ3v) is 3.13. The first-order chi connectivity index (χ1) is 8.20. The summed E-state index contributed by atoms with van der Waals surface area (Å²) in [5.41, 5.74) is 0.417. The predicted octanol–water partition coefficient (Wildman–Crippen LogP) is 2.08. The Labute approximate surface area is 100 Å². The molecule has 1 fully saturated rings. The fraction of sp³-hybridized carbons (Fsp3) is 0.462. The quantitative estimate of drug-likeness (QED) is 0.788. The average Bonchev–Trinajstić information content (AvgIpc) is 2.38. The number of halogens is 1. The summed E-state index contributed by atoms with van der Waals surface area (Å²) in [6, 6.07) is 5.83. The molecule has 0 saturated carbocycles. The molecule has 92 valence electrons. The van der Waals surface area contributed by atoms with Crippen molar-refractivity contribution in [1.82, 2.24) is 4.90 Å². The summed E-state index contributed by atoms with van der Waals surface area (Å²) in [6.45, 7) is 1.35. The number of hydrogen-bond donors (Lipinski definition) is 0. The van der Waals surface area contributed by atoms with Crippen LogP contribution < -0.4 is 0 Å². The summed E-state index contributed by atoms with van der Waals surface area (Å²) in [7, 11) is 1.69. The zero-order valence-electron chi connectivity index (χ0n) is 9.86. The molecule has 17 heavy (non-hydrogen) atoms. The minimum absolute atomic E-state index is 0.0981. The minimum atomic E-state index is -0.373. The number of carbonyl (C=O) groups is 1. The Balaban J connectivity index is 2.02. The number of likely N-dealkylation sites (tertiary alicyclic amines) is 1. The lowest BCUT2D eigenvalue weighted by molar-refractivity contribution is 0.0350. The van der Waals surface area contributed by atoms with E-state index in [1.54, 1.807) is 24.1 Å². The van der Waals surface area contributed by atoms with Gasteiger partial charge in [0, 0.05) is 25.8 Å². The van der Waals surface area contributed by atoms with E-state index in [1.165, 1.54) is 12.1 Å². The molecule has 0 aromatic heterocycles. The van der Waals surface area contributed by atoms with Crippen LogP contribution in [-0.2, 0) is 4.74 Å². The third kappa shape index (κ3) is 2.82. The zero-order chi connectivity index (χ0) is 12.3. The molecule has 1 saturated heterocycles. The zero-order valence-corrected chi connectivity index (χ0v) is 9.86. The van der Waals surface area contributed by atoms with E-state index in [0.29, 0.717) is 18.7 Å². The molecule has 1 aliphatic heterocycles. The monoisotopic (exact) mass is 237 g/mol. The van der Waals surface area contributed by atoms with Crippen molar-refractivity contribution in [2.45, 2.75) is 18.9 Å². The van der Waals surface area contributed by atoms with Crippen molar-refractivity contribution in [1.29, 1.82) is 0 Å². The number of amides is 1. The van der Waals surface area contributed by atoms with Crippen molar-refractivity contribution in [3.63, 3.8) is 0 Å². The highest BCUT2D eigenvalue weighted by atomic mass is 19.1. The van der Waals surface area contributed by atoms with Crippen LogP contribution in [0.4, 0.5) is 4.39 Å². The van der Waals surface area contributed by atoms with Crippen molar-refractivity contribution in [3.05, 3.63) is 35.6 Å². The Hall–Kier alpha value is -1.42. The van der Waals surface area contributed by atoms with E-state index < -0.39 is 0 Å². The van der Waals surface area contributed by atoms with Gasteiger partial charge in [0.15, 0.2) is 0 Å². The lowest BCUT2D eigenvalue weighted by Gasteiger charge is -2.31. The Kier molecular flexibility index (Phi) is 3.74. The van der Waals surface area contributed by atoms with Crippen molar-refractivity contribution in [3.8, 4) is 0 Å². The van der Waals surface area contributed by atoms with Gasteiger partial charge < -0.3 is 9.64 Å². The molecule has 0 bridgehead atoms. The fourth-order valence-electron chi connectivity index (χ4n) is 2.10. The van der Waals surface area contributed by atoms with Crippen molar-refractivity contribution in [2.24, 2.45) is 0 Å². The number of methoxy groups -OCH3 is 1. The van der Waals surface area contributed by atoms with Crippen molar-refractivity contribution < 1.29 is 13.9 Å². The molecule has 0 radical (unpaired) electrons. The molecule has 3 nitrogen and oxygen atoms in total. The van der Waals surface area contributed by atoms with Gasteiger partial charge in [-0.25, -0.2) is 4.39 Å². The van der Waals surface area contributed by atoms with Gasteiger partial charge in [0.2, 0.25) is 0 Å². The van der Waals surface area contributed by atoms with E-state index in [4.69, 9.17) is 4.74 Å². The third-order valence-electron chi connectivity index (χ3n) is 3.13. The maximum atomic E-state index is 13.0. The summed E-state index contributed by atoms with van der Waals surface area (Å²) >= 11 is 0. The van der Waals surface area contributed by atoms with Gasteiger partial charge in [0.1, 0.15) is 5.82 Å². The van der Waals surface area contributed by atoms with Crippen LogP contribution in [0.2, 0.25) is 0 Å². The van der Waals surface area contributed by atoms with Gasteiger partial charge in [-0.15, -0.1) is 0 Å². The summed E-state index contributed by atoms with van der Waals surface area (Å²) in [5, 5.41) is 0. The Bertz CT molecular complexity index is 400. The summed E-state index contributed by atoms with van der Waals surface area (Å²) in [4.78, 5) is 13.8. The van der Waals surface area contributed by atoms with Crippen LogP contribution in [0, 0.1) is 5.82 Å². The number of ether oxygens (including phenoxy) is 1. The van der Waals surface area contributed by atoms with E-state index in [-0.39, 0.29) is 17.8 Å². The second kappa shape index (κ2) is 5.27. The van der Waals surface area contributed by atoms with E-state index in [1.807, 2.05) is 0 Å². The average molecular weight is 237 g/mol. The van der Waals surface area contributed by atoms with Crippen LogP contribution in [0.3, 0.4) is 0 Å². The molecular weight excluding hydrogens is 221 g/mol. The molecule has 4 heteroatoms. The molecule has 1 aromatic rings. The van der Waals surface area contributed by atoms with Crippen LogP contribution >= 0.6 is 0 Å². The van der Waals surface area contributed by atoms with Crippen LogP contribution in [0.1, 0.15) is 23.2 Å². The SMILES string of the molecule is COC1CCN(C(=O)c2cccc(F)c2)CC1. The lowest BCUT2D eigenvalue weighted by atomic mass is 10.1. The number of nitrogens with zero attached hydrogens (tertiary/aromatic N) is 1. The second-order valence-electron chi connectivity index (χ2n) is 4.24. The maximum Gasteiger partial charge on any atom is 0.253 e. The fourth-order valence-corrected chi connectivity index (χ4v) is 2.10. The molecule has 1 amide bonds. The standard InChI is InChI=1S/C13H16FNO2/c1-17-12-5-7-15(8-6-12)13(16)10-3-2-4-11(14)9-10/h2-4,9,12H,5-8H2,1H3. The van der Waals surface area contributed by atoms with Gasteiger partial charge >= 0.3 is 0 Å². The number of carbonyl (C=O) groups excluding carboxylic acids is 1. The van der Waals surface area contributed by atoms with Gasteiger partial charge in [-0.2, -0.15) is 0 Å². The van der Waals surface area contributed by atoms with Crippen molar-refractivity contribution in [2.75, 3.05) is 20.2 Å². The van der Waals surface area contributed by atoms with E-state index in [9.17, 15) is 9.18 Å². The Morgan fingerprint density at radius 1 is 1.41 bits per heavy atom. The number of benzene rings is 1. The van der Waals surface area contributed by atoms with Gasteiger partial charge in [-0.1, -0.05) is 6.07 Å². The highest BCUT2D eigenvalue weighted by Gasteiger charge is 2.23. The van der Waals surface area contributed by atoms with Crippen LogP contribution in [0.25, 0.3) is 0 Å². The number of hydrogen-bond acceptors (Lipinski definition) is 2. The molecule has 0 N–H and O–H groups in total. The summed E-state index contributed by atoms with van der Waals surface area (Å²) < 4.78 is 18.3. The minimum Gasteiger partial charge on any atom is -0.381 e. The van der Waals surface area contributed by atoms with E-state index in [0.717, 1.165) is 12.8 Å². The molecular formula is C13H16FNO2. The largest absolute Gasteiger partial charge is 0.381 e. The smallest absolute Gasteiger partial charge is 0.253 e. The number of rotatable bonds is 2. The molecule has 1 aromatic carbocycles. The van der Waals surface area contributed by atoms with E-state index in [2.05, 4.69) is 0 Å². The molecule has 1 heterocycles. The molecule has 2 rings (SSSR count). The van der Waals surface area contributed by atoms with E-state index >= 15 is 0 Å². The Morgan fingerprint density at radius 2 is 2.12 bits per heavy atom. The molecule has 0 spiro atoms. The van der Waals surface area contributed by atoms with Crippen molar-refractivity contribution >= 4 is 5.91 Å². The van der Waals surface area contributed by atoms with Gasteiger partial charge in [-0.3, -0.25) is 4.79 Å². The van der Waals surface area contributed by atoms with Crippen LogP contribution in [-0.4, -0.2) is 37.1 Å². The Morgan fingerprint density at radius 3 is 2.71 bits per heavy atom. The lowest BCUT2D eigenvalue weighted by Crippen LogP contribution is -2.40. The summed E-state index contributed by atoms with van der Waals surface area (Å²) in [5.74, 6) is -0.471. The van der Waals surface area contributed by atoms with Crippen LogP contribution in [0.15, 0.2) is 24.3 Å². The van der Waals surface area contributed by atoms with Crippen LogP contribution in [0.5, 0.6) is 0 Å².